The van der Waals surface area contributed by atoms with Gasteiger partial charge in [-0.3, -0.25) is 0 Å². The summed E-state index contributed by atoms with van der Waals surface area (Å²) in [6, 6.07) is 21.4. The summed E-state index contributed by atoms with van der Waals surface area (Å²) in [7, 11) is 0. The summed E-state index contributed by atoms with van der Waals surface area (Å²) < 4.78 is 1.78. The number of carbonyl (C=O) groups is 1. The number of carbonyl (C=O) groups excluding carboxylic acids is 1. The van der Waals surface area contributed by atoms with Crippen LogP contribution in [0.25, 0.3) is 16.7 Å². The van der Waals surface area contributed by atoms with Crippen LogP contribution in [0.5, 0.6) is 0 Å². The second-order valence-corrected chi connectivity index (χ2v) is 7.05. The molecule has 0 saturated carbocycles. The number of anilines is 1. The van der Waals surface area contributed by atoms with Crippen LogP contribution in [-0.4, -0.2) is 21.0 Å². The molecule has 2 heterocycles. The fraction of sp³-hybridized carbons (Fsp3) is 0.136. The Labute approximate surface area is 167 Å². The summed E-state index contributed by atoms with van der Waals surface area (Å²) in [5.74, 6) is 0. The maximum absolute atomic E-state index is 12.2. The van der Waals surface area contributed by atoms with E-state index >= 15 is 0 Å². The highest BCUT2D eigenvalue weighted by Crippen LogP contribution is 2.19. The van der Waals surface area contributed by atoms with Gasteiger partial charge < -0.3 is 16.0 Å². The minimum absolute atomic E-state index is 0.234. The molecule has 4 aromatic rings. The fourth-order valence-electron chi connectivity index (χ4n) is 3.56. The van der Waals surface area contributed by atoms with E-state index in [1.807, 2.05) is 48.5 Å². The first kappa shape index (κ1) is 17.4. The second-order valence-electron chi connectivity index (χ2n) is 7.05. The zero-order valence-corrected chi connectivity index (χ0v) is 15.7. The Bertz CT molecular complexity index is 1180. The fourth-order valence-corrected chi connectivity index (χ4v) is 3.56. The van der Waals surface area contributed by atoms with Crippen LogP contribution in [0.1, 0.15) is 16.7 Å². The van der Waals surface area contributed by atoms with Gasteiger partial charge >= 0.3 is 6.03 Å². The first-order valence-corrected chi connectivity index (χ1v) is 9.53. The molecule has 3 N–H and O–H groups in total. The van der Waals surface area contributed by atoms with E-state index in [9.17, 15) is 4.79 Å². The second kappa shape index (κ2) is 7.37. The molecule has 1 aromatic heterocycles. The summed E-state index contributed by atoms with van der Waals surface area (Å²) in [5.41, 5.74) is 7.12. The number of rotatable bonds is 4. The van der Waals surface area contributed by atoms with Gasteiger partial charge in [0.15, 0.2) is 0 Å². The van der Waals surface area contributed by atoms with Crippen molar-refractivity contribution in [3.63, 3.8) is 0 Å². The summed E-state index contributed by atoms with van der Waals surface area (Å²) in [6.07, 6.45) is 0. The third kappa shape index (κ3) is 3.55. The molecule has 0 fully saturated rings. The SMILES string of the molecule is O=C(NCc1ccc2c(c1)CNC2)Nc1ccc(-n2nnc3ccccc32)cc1. The average Bonchev–Trinajstić information content (AvgIpc) is 3.39. The van der Waals surface area contributed by atoms with E-state index in [0.29, 0.717) is 12.2 Å². The molecular weight excluding hydrogens is 364 g/mol. The van der Waals surface area contributed by atoms with Crippen molar-refractivity contribution in [2.75, 3.05) is 5.32 Å². The number of urea groups is 1. The van der Waals surface area contributed by atoms with Crippen LogP contribution in [0.3, 0.4) is 0 Å². The summed E-state index contributed by atoms with van der Waals surface area (Å²) in [4.78, 5) is 12.2. The molecule has 0 atom stereocenters. The Morgan fingerprint density at radius 3 is 2.72 bits per heavy atom. The van der Waals surface area contributed by atoms with Crippen molar-refractivity contribution in [2.24, 2.45) is 0 Å². The third-order valence-corrected chi connectivity index (χ3v) is 5.08. The lowest BCUT2D eigenvalue weighted by Crippen LogP contribution is -2.28. The first-order valence-electron chi connectivity index (χ1n) is 9.53. The molecule has 144 valence electrons. The van der Waals surface area contributed by atoms with Gasteiger partial charge in [0.05, 0.1) is 11.2 Å². The van der Waals surface area contributed by atoms with Crippen LogP contribution in [-0.2, 0) is 19.6 Å². The monoisotopic (exact) mass is 384 g/mol. The van der Waals surface area contributed by atoms with Crippen molar-refractivity contribution in [3.8, 4) is 5.69 Å². The summed E-state index contributed by atoms with van der Waals surface area (Å²) in [5, 5.41) is 17.5. The lowest BCUT2D eigenvalue weighted by molar-refractivity contribution is 0.251. The number of benzene rings is 3. The number of fused-ring (bicyclic) bond motifs is 2. The maximum atomic E-state index is 12.2. The van der Waals surface area contributed by atoms with E-state index in [1.54, 1.807) is 4.68 Å². The third-order valence-electron chi connectivity index (χ3n) is 5.08. The van der Waals surface area contributed by atoms with Gasteiger partial charge in [-0.1, -0.05) is 35.5 Å². The van der Waals surface area contributed by atoms with E-state index in [4.69, 9.17) is 0 Å². The van der Waals surface area contributed by atoms with Gasteiger partial charge in [0.1, 0.15) is 5.52 Å². The standard InChI is InChI=1S/C22H20N6O/c29-22(24-12-15-5-6-16-13-23-14-17(16)11-15)25-18-7-9-19(10-8-18)28-21-4-2-1-3-20(21)26-27-28/h1-11,23H,12-14H2,(H2,24,25,29). The van der Waals surface area contributed by atoms with Gasteiger partial charge in [-0.25, -0.2) is 9.48 Å². The number of nitrogens with zero attached hydrogens (tertiary/aromatic N) is 3. The van der Waals surface area contributed by atoms with Gasteiger partial charge in [0.2, 0.25) is 0 Å². The molecule has 7 nitrogen and oxygen atoms in total. The smallest absolute Gasteiger partial charge is 0.319 e. The molecule has 1 aliphatic rings. The van der Waals surface area contributed by atoms with Crippen LogP contribution in [0, 0.1) is 0 Å². The van der Waals surface area contributed by atoms with Gasteiger partial charge in [-0.05, 0) is 53.1 Å². The van der Waals surface area contributed by atoms with Crippen molar-refractivity contribution >= 4 is 22.8 Å². The van der Waals surface area contributed by atoms with Crippen LogP contribution in [0.2, 0.25) is 0 Å². The van der Waals surface area contributed by atoms with Gasteiger partial charge in [-0.2, -0.15) is 0 Å². The number of hydrogen-bond acceptors (Lipinski definition) is 4. The van der Waals surface area contributed by atoms with Crippen molar-refractivity contribution in [2.45, 2.75) is 19.6 Å². The van der Waals surface area contributed by atoms with Gasteiger partial charge in [0.25, 0.3) is 0 Å². The molecule has 0 aliphatic carbocycles. The average molecular weight is 384 g/mol. The molecule has 0 spiro atoms. The van der Waals surface area contributed by atoms with Crippen LogP contribution in [0.4, 0.5) is 10.5 Å². The van der Waals surface area contributed by atoms with Crippen LogP contribution >= 0.6 is 0 Å². The highest BCUT2D eigenvalue weighted by Gasteiger charge is 2.11. The molecule has 0 radical (unpaired) electrons. The Balaban J connectivity index is 1.22. The molecule has 29 heavy (non-hydrogen) atoms. The Kier molecular flexibility index (Phi) is 4.42. The number of para-hydroxylation sites is 1. The maximum Gasteiger partial charge on any atom is 0.319 e. The number of hydrogen-bond donors (Lipinski definition) is 3. The zero-order chi connectivity index (χ0) is 19.6. The van der Waals surface area contributed by atoms with Crippen molar-refractivity contribution in [1.29, 1.82) is 0 Å². The van der Waals surface area contributed by atoms with Crippen LogP contribution < -0.4 is 16.0 Å². The lowest BCUT2D eigenvalue weighted by Gasteiger charge is -2.09. The molecule has 7 heteroatoms. The molecule has 3 aromatic carbocycles. The van der Waals surface area contributed by atoms with Crippen molar-refractivity contribution in [1.82, 2.24) is 25.6 Å². The largest absolute Gasteiger partial charge is 0.334 e. The highest BCUT2D eigenvalue weighted by molar-refractivity contribution is 5.89. The molecular formula is C22H20N6O. The first-order chi connectivity index (χ1) is 14.3. The van der Waals surface area contributed by atoms with E-state index in [1.165, 1.54) is 11.1 Å². The molecule has 0 saturated heterocycles. The highest BCUT2D eigenvalue weighted by atomic mass is 16.2. The number of nitrogens with one attached hydrogen (secondary N) is 3. The molecule has 0 unspecified atom stereocenters. The predicted octanol–water partition coefficient (Wildman–Crippen LogP) is 3.35. The summed E-state index contributed by atoms with van der Waals surface area (Å²) in [6.45, 7) is 2.30. The minimum Gasteiger partial charge on any atom is -0.334 e. The topological polar surface area (TPSA) is 83.9 Å². The van der Waals surface area contributed by atoms with E-state index in [2.05, 4.69) is 44.5 Å². The van der Waals surface area contributed by atoms with E-state index in [0.717, 1.165) is 35.4 Å². The Morgan fingerprint density at radius 1 is 1.00 bits per heavy atom. The van der Waals surface area contributed by atoms with Crippen molar-refractivity contribution < 1.29 is 4.79 Å². The van der Waals surface area contributed by atoms with E-state index in [-0.39, 0.29) is 6.03 Å². The van der Waals surface area contributed by atoms with Crippen molar-refractivity contribution in [3.05, 3.63) is 83.4 Å². The Morgan fingerprint density at radius 2 is 1.83 bits per heavy atom. The quantitative estimate of drug-likeness (QED) is 0.504. The number of amides is 2. The van der Waals surface area contributed by atoms with Gasteiger partial charge in [-0.15, -0.1) is 5.10 Å². The summed E-state index contributed by atoms with van der Waals surface area (Å²) >= 11 is 0. The normalized spacial score (nSPS) is 12.7. The molecule has 0 bridgehead atoms. The lowest BCUT2D eigenvalue weighted by atomic mass is 10.1. The minimum atomic E-state index is -0.234. The van der Waals surface area contributed by atoms with Crippen LogP contribution in [0.15, 0.2) is 66.7 Å². The Hall–Kier alpha value is -3.71. The zero-order valence-electron chi connectivity index (χ0n) is 15.7. The molecule has 5 rings (SSSR count). The van der Waals surface area contributed by atoms with Gasteiger partial charge in [0, 0.05) is 25.3 Å². The molecule has 1 aliphatic heterocycles. The number of aromatic nitrogens is 3. The molecule has 2 amide bonds. The van der Waals surface area contributed by atoms with E-state index < -0.39 is 0 Å². The predicted molar refractivity (Wildman–Crippen MR) is 112 cm³/mol.